The maximum Gasteiger partial charge on any atom is 0.180 e. The van der Waals surface area contributed by atoms with Crippen LogP contribution in [-0.2, 0) is 4.79 Å². The van der Waals surface area contributed by atoms with Gasteiger partial charge in [-0.05, 0) is 42.8 Å². The lowest BCUT2D eigenvalue weighted by Gasteiger charge is -2.38. The number of nitrogens with zero attached hydrogens (tertiary/aromatic N) is 1. The zero-order chi connectivity index (χ0) is 28.6. The number of methoxy groups -OCH3 is 2. The highest BCUT2D eigenvalue weighted by atomic mass is 16.5. The van der Waals surface area contributed by atoms with E-state index in [4.69, 9.17) is 9.47 Å². The summed E-state index contributed by atoms with van der Waals surface area (Å²) in [4.78, 5) is 46.1. The van der Waals surface area contributed by atoms with Gasteiger partial charge >= 0.3 is 0 Å². The Hall–Kier alpha value is -4.19. The largest absolute Gasteiger partial charge is 0.497 e. The molecule has 2 aliphatic heterocycles. The number of benzene rings is 3. The second-order valence-corrected chi connectivity index (χ2v) is 12.0. The van der Waals surface area contributed by atoms with E-state index in [0.29, 0.717) is 28.2 Å². The minimum Gasteiger partial charge on any atom is -0.497 e. The summed E-state index contributed by atoms with van der Waals surface area (Å²) >= 11 is 0. The van der Waals surface area contributed by atoms with E-state index in [0.717, 1.165) is 16.8 Å². The van der Waals surface area contributed by atoms with E-state index in [2.05, 4.69) is 6.07 Å². The van der Waals surface area contributed by atoms with Crippen LogP contribution in [0.1, 0.15) is 64.1 Å². The molecule has 1 aliphatic carbocycles. The number of Topliss-reactive ketones (excluding diaryl/α,β-unsaturated/α-hetero) is 3. The molecule has 0 aromatic heterocycles. The predicted octanol–water partition coefficient (Wildman–Crippen LogP) is 6.06. The highest BCUT2D eigenvalue weighted by molar-refractivity contribution is 6.32. The molecule has 0 radical (unpaired) electrons. The smallest absolute Gasteiger partial charge is 0.180 e. The van der Waals surface area contributed by atoms with Crippen molar-refractivity contribution in [3.8, 4) is 11.5 Å². The quantitative estimate of drug-likeness (QED) is 0.378. The summed E-state index contributed by atoms with van der Waals surface area (Å²) in [6, 6.07) is 17.0. The second kappa shape index (κ2) is 8.91. The first-order valence-electron chi connectivity index (χ1n) is 13.6. The summed E-state index contributed by atoms with van der Waals surface area (Å²) in [5, 5.41) is 0. The number of ether oxygens (including phenoxy) is 2. The number of hydrogen-bond acceptors (Lipinski definition) is 6. The Morgan fingerprint density at radius 3 is 2.17 bits per heavy atom. The molecule has 0 bridgehead atoms. The van der Waals surface area contributed by atoms with Crippen molar-refractivity contribution in [2.75, 3.05) is 19.1 Å². The number of fused-ring (bicyclic) bond motifs is 5. The van der Waals surface area contributed by atoms with Gasteiger partial charge in [-0.3, -0.25) is 14.4 Å². The molecule has 1 saturated heterocycles. The van der Waals surface area contributed by atoms with Gasteiger partial charge in [-0.1, -0.05) is 68.8 Å². The lowest BCUT2D eigenvalue weighted by atomic mass is 9.63. The van der Waals surface area contributed by atoms with Gasteiger partial charge in [-0.15, -0.1) is 0 Å². The molecule has 1 fully saturated rings. The third-order valence-electron chi connectivity index (χ3n) is 8.74. The van der Waals surface area contributed by atoms with Crippen molar-refractivity contribution in [3.05, 3.63) is 94.6 Å². The number of carbonyl (C=O) groups is 3. The molecule has 3 aromatic carbocycles. The second-order valence-electron chi connectivity index (χ2n) is 12.0. The zero-order valence-corrected chi connectivity index (χ0v) is 23.6. The maximum absolute atomic E-state index is 14.7. The van der Waals surface area contributed by atoms with Gasteiger partial charge in [-0.25, -0.2) is 0 Å². The van der Waals surface area contributed by atoms with Gasteiger partial charge in [0.15, 0.2) is 17.3 Å². The molecule has 40 heavy (non-hydrogen) atoms. The van der Waals surface area contributed by atoms with E-state index >= 15 is 0 Å². The molecule has 204 valence electrons. The summed E-state index contributed by atoms with van der Waals surface area (Å²) in [7, 11) is 3.13. The predicted molar refractivity (Wildman–Crippen MR) is 155 cm³/mol. The van der Waals surface area contributed by atoms with E-state index < -0.39 is 28.8 Å². The van der Waals surface area contributed by atoms with Crippen LogP contribution in [0.5, 0.6) is 11.5 Å². The van der Waals surface area contributed by atoms with E-state index in [9.17, 15) is 14.4 Å². The SMILES string of the molecule is COc1ccc(OC)c([C@H]2[C@H](C(=O)C(C)(C)C)N3c4ccc(C)cc4C=CC3C23C(=O)c2ccccc2C3=O)c1. The lowest BCUT2D eigenvalue weighted by molar-refractivity contribution is -0.127. The van der Waals surface area contributed by atoms with Crippen LogP contribution < -0.4 is 14.4 Å². The first kappa shape index (κ1) is 26.1. The van der Waals surface area contributed by atoms with Crippen LogP contribution in [0.2, 0.25) is 0 Å². The molecule has 3 aliphatic rings. The Labute approximate surface area is 234 Å². The molecule has 6 rings (SSSR count). The van der Waals surface area contributed by atoms with Crippen LogP contribution in [0.4, 0.5) is 5.69 Å². The van der Waals surface area contributed by atoms with Crippen LogP contribution in [0, 0.1) is 17.8 Å². The average molecular weight is 536 g/mol. The van der Waals surface area contributed by atoms with Gasteiger partial charge in [0.1, 0.15) is 16.9 Å². The molecule has 6 nitrogen and oxygen atoms in total. The van der Waals surface area contributed by atoms with Crippen molar-refractivity contribution in [1.29, 1.82) is 0 Å². The fourth-order valence-corrected chi connectivity index (χ4v) is 6.97. The van der Waals surface area contributed by atoms with Crippen molar-refractivity contribution in [2.24, 2.45) is 10.8 Å². The average Bonchev–Trinajstić information content (AvgIpc) is 3.37. The Morgan fingerprint density at radius 2 is 1.57 bits per heavy atom. The highest BCUT2D eigenvalue weighted by Crippen LogP contribution is 2.62. The molecular formula is C34H33NO5. The Balaban J connectivity index is 1.74. The summed E-state index contributed by atoms with van der Waals surface area (Å²) in [5.41, 5.74) is 1.93. The third-order valence-corrected chi connectivity index (χ3v) is 8.74. The molecule has 0 amide bonds. The van der Waals surface area contributed by atoms with Gasteiger partial charge in [0, 0.05) is 33.7 Å². The number of hydrogen-bond donors (Lipinski definition) is 0. The van der Waals surface area contributed by atoms with Gasteiger partial charge in [-0.2, -0.15) is 0 Å². The van der Waals surface area contributed by atoms with Gasteiger partial charge in [0.2, 0.25) is 0 Å². The van der Waals surface area contributed by atoms with Crippen molar-refractivity contribution in [1.82, 2.24) is 0 Å². The Morgan fingerprint density at radius 1 is 0.900 bits per heavy atom. The van der Waals surface area contributed by atoms with Crippen molar-refractivity contribution >= 4 is 29.1 Å². The van der Waals surface area contributed by atoms with Gasteiger partial charge in [0.05, 0.1) is 26.3 Å². The molecule has 0 saturated carbocycles. The standard InChI is InChI=1S/C34H33NO5/c1-19-11-14-25-20(17-19)12-16-27-34(30(36)22-9-7-8-10-23(22)31(34)37)28(29(35(25)27)32(38)33(2,3)4)24-18-21(39-5)13-15-26(24)40-6/h7-18,27-29H,1-6H3/t27?,28-,29+/m0/s1. The summed E-state index contributed by atoms with van der Waals surface area (Å²) < 4.78 is 11.4. The Kier molecular flexibility index (Phi) is 5.81. The van der Waals surface area contributed by atoms with Crippen LogP contribution in [0.3, 0.4) is 0 Å². The van der Waals surface area contributed by atoms with Crippen LogP contribution in [0.25, 0.3) is 6.08 Å². The first-order chi connectivity index (χ1) is 19.0. The van der Waals surface area contributed by atoms with Crippen molar-refractivity contribution < 1.29 is 23.9 Å². The first-order valence-corrected chi connectivity index (χ1v) is 13.6. The Bertz CT molecular complexity index is 1580. The van der Waals surface area contributed by atoms with Crippen molar-refractivity contribution in [3.63, 3.8) is 0 Å². The van der Waals surface area contributed by atoms with Gasteiger partial charge < -0.3 is 14.4 Å². The lowest BCUT2D eigenvalue weighted by Crippen LogP contribution is -2.49. The number of anilines is 1. The molecule has 1 spiro atoms. The third kappa shape index (κ3) is 3.38. The zero-order valence-electron chi connectivity index (χ0n) is 23.6. The molecule has 6 heteroatoms. The van der Waals surface area contributed by atoms with Crippen LogP contribution >= 0.6 is 0 Å². The molecule has 2 heterocycles. The van der Waals surface area contributed by atoms with Crippen LogP contribution in [0.15, 0.2) is 66.7 Å². The van der Waals surface area contributed by atoms with E-state index in [1.165, 1.54) is 0 Å². The number of rotatable bonds is 4. The number of aryl methyl sites for hydroxylation is 1. The summed E-state index contributed by atoms with van der Waals surface area (Å²) in [6.45, 7) is 7.68. The van der Waals surface area contributed by atoms with E-state index in [1.54, 1.807) is 50.6 Å². The fourth-order valence-electron chi connectivity index (χ4n) is 6.97. The summed E-state index contributed by atoms with van der Waals surface area (Å²) in [6.07, 6.45) is 3.93. The summed E-state index contributed by atoms with van der Waals surface area (Å²) in [5.74, 6) is -0.354. The normalized spacial score (nSPS) is 22.2. The number of carbonyl (C=O) groups excluding carboxylic acids is 3. The van der Waals surface area contributed by atoms with Crippen LogP contribution in [-0.4, -0.2) is 43.7 Å². The molecule has 1 unspecified atom stereocenters. The van der Waals surface area contributed by atoms with E-state index in [1.807, 2.05) is 62.9 Å². The topological polar surface area (TPSA) is 72.9 Å². The highest BCUT2D eigenvalue weighted by Gasteiger charge is 2.72. The minimum atomic E-state index is -1.58. The molecule has 3 aromatic rings. The van der Waals surface area contributed by atoms with Crippen molar-refractivity contribution in [2.45, 2.75) is 45.7 Å². The van der Waals surface area contributed by atoms with Gasteiger partial charge in [0.25, 0.3) is 0 Å². The molecule has 3 atom stereocenters. The van der Waals surface area contributed by atoms with E-state index in [-0.39, 0.29) is 17.3 Å². The fraction of sp³-hybridized carbons (Fsp3) is 0.324. The molecular weight excluding hydrogens is 502 g/mol. The minimum absolute atomic E-state index is 0.0531. The maximum atomic E-state index is 14.7. The number of ketones is 3. The molecule has 0 N–H and O–H groups in total. The monoisotopic (exact) mass is 535 g/mol.